The number of hydrogen-bond donors (Lipinski definition) is 1. The van der Waals surface area contributed by atoms with E-state index in [1.165, 1.54) is 36.0 Å². The largest absolute Gasteiger partial charge is 0.463 e. The first-order chi connectivity index (χ1) is 14.2. The lowest BCUT2D eigenvalue weighted by molar-refractivity contribution is -0.115. The Bertz CT molecular complexity index is 1080. The van der Waals surface area contributed by atoms with E-state index >= 15 is 0 Å². The molecule has 4 aromatic rings. The highest BCUT2D eigenvalue weighted by molar-refractivity contribution is 7.99. The number of hydrogen-bond acceptors (Lipinski definition) is 7. The standard InChI is InChI=1S/C20H15FN4O3S/c21-13-5-7-14(8-6-13)22-17(26)9-12-29-20-23-18(15-3-1-10-27-15)19(24-25-20)16-4-2-11-28-16/h1-8,10-11H,9,12H2,(H,22,26). The highest BCUT2D eigenvalue weighted by atomic mass is 32.2. The number of aromatic nitrogens is 3. The van der Waals surface area contributed by atoms with Crippen molar-refractivity contribution in [3.63, 3.8) is 0 Å². The van der Waals surface area contributed by atoms with Crippen LogP contribution in [0.25, 0.3) is 22.9 Å². The normalized spacial score (nSPS) is 10.8. The van der Waals surface area contributed by atoms with E-state index < -0.39 is 0 Å². The van der Waals surface area contributed by atoms with Crippen LogP contribution in [0.3, 0.4) is 0 Å². The predicted molar refractivity (Wildman–Crippen MR) is 106 cm³/mol. The molecule has 0 aliphatic carbocycles. The quantitative estimate of drug-likeness (QED) is 0.443. The Morgan fingerprint density at radius 1 is 0.966 bits per heavy atom. The van der Waals surface area contributed by atoms with Gasteiger partial charge in [0.1, 0.15) is 11.5 Å². The molecule has 3 heterocycles. The zero-order valence-electron chi connectivity index (χ0n) is 15.0. The SMILES string of the molecule is O=C(CCSc1nnc(-c2ccco2)c(-c2ccco2)n1)Nc1ccc(F)cc1. The summed E-state index contributed by atoms with van der Waals surface area (Å²) >= 11 is 1.30. The molecular formula is C20H15FN4O3S. The summed E-state index contributed by atoms with van der Waals surface area (Å²) < 4.78 is 23.8. The molecule has 1 amide bonds. The van der Waals surface area contributed by atoms with Crippen molar-refractivity contribution in [1.29, 1.82) is 0 Å². The van der Waals surface area contributed by atoms with Gasteiger partial charge in [0, 0.05) is 17.9 Å². The first kappa shape index (κ1) is 18.9. The van der Waals surface area contributed by atoms with Crippen LogP contribution in [0.1, 0.15) is 6.42 Å². The summed E-state index contributed by atoms with van der Waals surface area (Å²) in [5.74, 6) is 0.991. The zero-order chi connectivity index (χ0) is 20.1. The molecule has 0 aliphatic rings. The molecule has 0 atom stereocenters. The molecule has 0 saturated carbocycles. The number of benzene rings is 1. The molecule has 0 saturated heterocycles. The average Bonchev–Trinajstić information content (AvgIpc) is 3.44. The fourth-order valence-electron chi connectivity index (χ4n) is 2.53. The van der Waals surface area contributed by atoms with Crippen molar-refractivity contribution < 1.29 is 18.0 Å². The lowest BCUT2D eigenvalue weighted by Gasteiger charge is -2.06. The monoisotopic (exact) mass is 410 g/mol. The maximum atomic E-state index is 12.9. The van der Waals surface area contributed by atoms with Gasteiger partial charge in [0.25, 0.3) is 0 Å². The second kappa shape index (κ2) is 8.70. The molecule has 4 rings (SSSR count). The van der Waals surface area contributed by atoms with Gasteiger partial charge in [-0.1, -0.05) is 11.8 Å². The minimum Gasteiger partial charge on any atom is -0.463 e. The number of thioether (sulfide) groups is 1. The zero-order valence-corrected chi connectivity index (χ0v) is 15.9. The molecule has 0 aliphatic heterocycles. The van der Waals surface area contributed by atoms with E-state index in [0.717, 1.165) is 0 Å². The topological polar surface area (TPSA) is 94.0 Å². The third kappa shape index (κ3) is 4.69. The number of furan rings is 2. The molecule has 146 valence electrons. The van der Waals surface area contributed by atoms with Crippen LogP contribution in [0.5, 0.6) is 0 Å². The number of carbonyl (C=O) groups excluding carboxylic acids is 1. The van der Waals surface area contributed by atoms with E-state index in [1.807, 2.05) is 0 Å². The molecule has 7 nitrogen and oxygen atoms in total. The van der Waals surface area contributed by atoms with E-state index in [2.05, 4.69) is 20.5 Å². The predicted octanol–water partition coefficient (Wildman–Crippen LogP) is 4.65. The average molecular weight is 410 g/mol. The molecule has 29 heavy (non-hydrogen) atoms. The van der Waals surface area contributed by atoms with Crippen molar-refractivity contribution in [3.8, 4) is 22.9 Å². The Morgan fingerprint density at radius 3 is 2.31 bits per heavy atom. The number of nitrogens with zero attached hydrogens (tertiary/aromatic N) is 3. The van der Waals surface area contributed by atoms with Crippen molar-refractivity contribution in [2.75, 3.05) is 11.1 Å². The van der Waals surface area contributed by atoms with Gasteiger partial charge in [-0.2, -0.15) is 0 Å². The van der Waals surface area contributed by atoms with Gasteiger partial charge >= 0.3 is 0 Å². The Labute approximate surface area is 169 Å². The minimum atomic E-state index is -0.353. The van der Waals surface area contributed by atoms with Crippen LogP contribution in [-0.2, 0) is 4.79 Å². The summed E-state index contributed by atoms with van der Waals surface area (Å²) in [7, 11) is 0. The van der Waals surface area contributed by atoms with Crippen molar-refractivity contribution in [1.82, 2.24) is 15.2 Å². The van der Waals surface area contributed by atoms with Gasteiger partial charge in [0.2, 0.25) is 11.1 Å². The molecule has 0 spiro atoms. The minimum absolute atomic E-state index is 0.185. The fraction of sp³-hybridized carbons (Fsp3) is 0.100. The maximum Gasteiger partial charge on any atom is 0.225 e. The van der Waals surface area contributed by atoms with Crippen LogP contribution in [-0.4, -0.2) is 26.8 Å². The van der Waals surface area contributed by atoms with Crippen molar-refractivity contribution >= 4 is 23.4 Å². The van der Waals surface area contributed by atoms with Crippen molar-refractivity contribution in [2.45, 2.75) is 11.6 Å². The Hall–Kier alpha value is -3.46. The second-order valence-corrected chi connectivity index (χ2v) is 6.96. The van der Waals surface area contributed by atoms with Crippen LogP contribution in [0.4, 0.5) is 10.1 Å². The molecule has 0 unspecified atom stereocenters. The lowest BCUT2D eigenvalue weighted by Crippen LogP contribution is -2.12. The van der Waals surface area contributed by atoms with Gasteiger partial charge in [-0.25, -0.2) is 9.37 Å². The van der Waals surface area contributed by atoms with E-state index in [1.54, 1.807) is 36.8 Å². The van der Waals surface area contributed by atoms with Crippen molar-refractivity contribution in [2.24, 2.45) is 0 Å². The van der Waals surface area contributed by atoms with E-state index in [4.69, 9.17) is 8.83 Å². The highest BCUT2D eigenvalue weighted by Gasteiger charge is 2.18. The number of nitrogens with one attached hydrogen (secondary N) is 1. The van der Waals surface area contributed by atoms with Gasteiger partial charge in [0.05, 0.1) is 12.5 Å². The second-order valence-electron chi connectivity index (χ2n) is 5.90. The fourth-order valence-corrected chi connectivity index (χ4v) is 3.25. The molecule has 9 heteroatoms. The van der Waals surface area contributed by atoms with Gasteiger partial charge in [-0.05, 0) is 48.5 Å². The Morgan fingerprint density at radius 2 is 1.66 bits per heavy atom. The third-order valence-corrected chi connectivity index (χ3v) is 4.70. The summed E-state index contributed by atoms with van der Waals surface area (Å²) in [5, 5.41) is 11.5. The van der Waals surface area contributed by atoms with Crippen LogP contribution in [0.15, 0.2) is 75.0 Å². The number of carbonyl (C=O) groups is 1. The molecule has 1 aromatic carbocycles. The molecule has 0 radical (unpaired) electrons. The van der Waals surface area contributed by atoms with Crippen LogP contribution in [0.2, 0.25) is 0 Å². The Balaban J connectivity index is 1.42. The lowest BCUT2D eigenvalue weighted by atomic mass is 10.2. The number of halogens is 1. The first-order valence-electron chi connectivity index (χ1n) is 8.70. The van der Waals surface area contributed by atoms with E-state index in [-0.39, 0.29) is 18.1 Å². The number of rotatable bonds is 7. The summed E-state index contributed by atoms with van der Waals surface area (Å²) in [4.78, 5) is 16.6. The van der Waals surface area contributed by atoms with Gasteiger partial charge in [-0.15, -0.1) is 10.2 Å². The summed E-state index contributed by atoms with van der Waals surface area (Å²) in [6.07, 6.45) is 3.34. The van der Waals surface area contributed by atoms with Crippen LogP contribution >= 0.6 is 11.8 Å². The van der Waals surface area contributed by atoms with Crippen LogP contribution < -0.4 is 5.32 Å². The highest BCUT2D eigenvalue weighted by Crippen LogP contribution is 2.30. The first-order valence-corrected chi connectivity index (χ1v) is 9.68. The van der Waals surface area contributed by atoms with Gasteiger partial charge in [-0.3, -0.25) is 4.79 Å². The van der Waals surface area contributed by atoms with Crippen molar-refractivity contribution in [3.05, 3.63) is 66.9 Å². The molecular weight excluding hydrogens is 395 g/mol. The van der Waals surface area contributed by atoms with E-state index in [9.17, 15) is 9.18 Å². The Kier molecular flexibility index (Phi) is 5.66. The molecule has 0 fully saturated rings. The molecule has 1 N–H and O–H groups in total. The van der Waals surface area contributed by atoms with Crippen LogP contribution in [0, 0.1) is 5.82 Å². The summed E-state index contributed by atoms with van der Waals surface area (Å²) in [6, 6.07) is 12.7. The van der Waals surface area contributed by atoms with Gasteiger partial charge in [0.15, 0.2) is 17.2 Å². The number of anilines is 1. The maximum absolute atomic E-state index is 12.9. The molecule has 0 bridgehead atoms. The molecule has 3 aromatic heterocycles. The van der Waals surface area contributed by atoms with E-state index in [0.29, 0.717) is 39.5 Å². The summed E-state index contributed by atoms with van der Waals surface area (Å²) in [5.41, 5.74) is 1.53. The number of amides is 1. The third-order valence-electron chi connectivity index (χ3n) is 3.86. The van der Waals surface area contributed by atoms with Gasteiger partial charge < -0.3 is 14.2 Å². The smallest absolute Gasteiger partial charge is 0.225 e. The summed E-state index contributed by atoms with van der Waals surface area (Å²) in [6.45, 7) is 0.